The van der Waals surface area contributed by atoms with Crippen LogP contribution in [0, 0.1) is 6.92 Å². The molecule has 0 fully saturated rings. The molecule has 3 nitrogen and oxygen atoms in total. The van der Waals surface area contributed by atoms with Gasteiger partial charge in [-0.3, -0.25) is 0 Å². The van der Waals surface area contributed by atoms with Crippen LogP contribution in [-0.2, 0) is 6.54 Å². The van der Waals surface area contributed by atoms with Crippen LogP contribution in [0.15, 0.2) is 10.8 Å². The molecule has 0 saturated carbocycles. The molecule has 0 radical (unpaired) electrons. The molecule has 12 heavy (non-hydrogen) atoms. The van der Waals surface area contributed by atoms with E-state index in [-0.39, 0.29) is 0 Å². The van der Waals surface area contributed by atoms with Crippen molar-refractivity contribution in [3.63, 3.8) is 0 Å². The first-order chi connectivity index (χ1) is 5.74. The minimum absolute atomic E-state index is 0.537. The molecule has 0 spiro atoms. The lowest BCUT2D eigenvalue weighted by molar-refractivity contribution is 0.446. The molecule has 1 unspecified atom stereocenters. The maximum absolute atomic E-state index is 5.19. The molecule has 0 aromatic carbocycles. The van der Waals surface area contributed by atoms with Crippen LogP contribution < -0.4 is 5.32 Å². The number of hydrogen-bond donors (Lipinski definition) is 1. The Morgan fingerprint density at radius 3 is 2.92 bits per heavy atom. The monoisotopic (exact) mass is 168 g/mol. The van der Waals surface area contributed by atoms with E-state index in [0.717, 1.165) is 24.4 Å². The zero-order valence-corrected chi connectivity index (χ0v) is 7.92. The van der Waals surface area contributed by atoms with Gasteiger partial charge in [0.1, 0.15) is 5.76 Å². The molecule has 0 amide bonds. The Bertz CT molecular complexity index is 232. The zero-order valence-electron chi connectivity index (χ0n) is 7.92. The topological polar surface area (TPSA) is 38.1 Å². The van der Waals surface area contributed by atoms with Gasteiger partial charge in [0.15, 0.2) is 6.39 Å². The van der Waals surface area contributed by atoms with E-state index < -0.39 is 0 Å². The van der Waals surface area contributed by atoms with Crippen molar-refractivity contribution >= 4 is 0 Å². The first-order valence-corrected chi connectivity index (χ1v) is 4.36. The van der Waals surface area contributed by atoms with E-state index in [4.69, 9.17) is 4.42 Å². The fraction of sp³-hybridized carbons (Fsp3) is 0.667. The highest BCUT2D eigenvalue weighted by atomic mass is 16.3. The van der Waals surface area contributed by atoms with E-state index in [1.807, 2.05) is 6.92 Å². The number of aryl methyl sites for hydroxylation is 1. The fourth-order valence-corrected chi connectivity index (χ4v) is 0.907. The van der Waals surface area contributed by atoms with Crippen LogP contribution in [0.5, 0.6) is 0 Å². The van der Waals surface area contributed by atoms with Crippen LogP contribution in [0.3, 0.4) is 0 Å². The highest BCUT2D eigenvalue weighted by molar-refractivity contribution is 5.03. The summed E-state index contributed by atoms with van der Waals surface area (Å²) in [6.07, 6.45) is 2.62. The summed E-state index contributed by atoms with van der Waals surface area (Å²) in [7, 11) is 0. The Balaban J connectivity index is 2.38. The van der Waals surface area contributed by atoms with Gasteiger partial charge in [-0.25, -0.2) is 4.98 Å². The lowest BCUT2D eigenvalue weighted by Crippen LogP contribution is -2.24. The third-order valence-electron chi connectivity index (χ3n) is 2.07. The number of nitrogens with one attached hydrogen (secondary N) is 1. The summed E-state index contributed by atoms with van der Waals surface area (Å²) in [5, 5.41) is 3.34. The summed E-state index contributed by atoms with van der Waals surface area (Å²) >= 11 is 0. The third-order valence-corrected chi connectivity index (χ3v) is 2.07. The second kappa shape index (κ2) is 4.26. The molecule has 0 saturated heterocycles. The van der Waals surface area contributed by atoms with E-state index >= 15 is 0 Å². The molecule has 1 aromatic heterocycles. The maximum atomic E-state index is 5.19. The Hall–Kier alpha value is -0.830. The van der Waals surface area contributed by atoms with Crippen LogP contribution in [0.4, 0.5) is 0 Å². The first kappa shape index (κ1) is 9.26. The van der Waals surface area contributed by atoms with Crippen molar-refractivity contribution in [2.75, 3.05) is 0 Å². The number of rotatable bonds is 4. The Morgan fingerprint density at radius 1 is 1.67 bits per heavy atom. The Kier molecular flexibility index (Phi) is 3.29. The Labute approximate surface area is 73.2 Å². The molecule has 0 aliphatic heterocycles. The van der Waals surface area contributed by atoms with Gasteiger partial charge in [0.25, 0.3) is 0 Å². The van der Waals surface area contributed by atoms with Crippen molar-refractivity contribution in [3.8, 4) is 0 Å². The quantitative estimate of drug-likeness (QED) is 0.745. The van der Waals surface area contributed by atoms with Gasteiger partial charge in [0.05, 0.1) is 12.2 Å². The first-order valence-electron chi connectivity index (χ1n) is 4.36. The third kappa shape index (κ3) is 2.34. The van der Waals surface area contributed by atoms with Gasteiger partial charge >= 0.3 is 0 Å². The largest absolute Gasteiger partial charge is 0.447 e. The summed E-state index contributed by atoms with van der Waals surface area (Å²) in [5.74, 6) is 0.940. The van der Waals surface area contributed by atoms with E-state index in [1.165, 1.54) is 6.39 Å². The molecule has 1 heterocycles. The van der Waals surface area contributed by atoms with Gasteiger partial charge < -0.3 is 9.73 Å². The van der Waals surface area contributed by atoms with Gasteiger partial charge in [-0.2, -0.15) is 0 Å². The Morgan fingerprint density at radius 2 is 2.42 bits per heavy atom. The fourth-order valence-electron chi connectivity index (χ4n) is 0.907. The average Bonchev–Trinajstić information content (AvgIpc) is 2.47. The second-order valence-electron chi connectivity index (χ2n) is 3.05. The van der Waals surface area contributed by atoms with Crippen molar-refractivity contribution in [3.05, 3.63) is 17.8 Å². The summed E-state index contributed by atoms with van der Waals surface area (Å²) in [6, 6.07) is 0.537. The average molecular weight is 168 g/mol. The number of nitrogens with zero attached hydrogens (tertiary/aromatic N) is 1. The van der Waals surface area contributed by atoms with Gasteiger partial charge in [0.2, 0.25) is 0 Å². The second-order valence-corrected chi connectivity index (χ2v) is 3.05. The predicted octanol–water partition coefficient (Wildman–Crippen LogP) is 1.87. The van der Waals surface area contributed by atoms with Crippen molar-refractivity contribution in [1.29, 1.82) is 0 Å². The molecule has 0 bridgehead atoms. The van der Waals surface area contributed by atoms with Crippen LogP contribution in [0.2, 0.25) is 0 Å². The minimum atomic E-state index is 0.537. The molecule has 0 aliphatic rings. The van der Waals surface area contributed by atoms with Gasteiger partial charge in [-0.05, 0) is 20.3 Å². The maximum Gasteiger partial charge on any atom is 0.181 e. The van der Waals surface area contributed by atoms with Crippen LogP contribution >= 0.6 is 0 Å². The number of oxazole rings is 1. The summed E-state index contributed by atoms with van der Waals surface area (Å²) < 4.78 is 5.19. The van der Waals surface area contributed by atoms with Gasteiger partial charge in [-0.15, -0.1) is 0 Å². The van der Waals surface area contributed by atoms with Crippen LogP contribution in [-0.4, -0.2) is 11.0 Å². The molecule has 1 rings (SSSR count). The summed E-state index contributed by atoms with van der Waals surface area (Å²) in [4.78, 5) is 4.01. The predicted molar refractivity (Wildman–Crippen MR) is 47.8 cm³/mol. The van der Waals surface area contributed by atoms with Gasteiger partial charge in [-0.1, -0.05) is 6.92 Å². The van der Waals surface area contributed by atoms with E-state index in [0.29, 0.717) is 6.04 Å². The van der Waals surface area contributed by atoms with Crippen molar-refractivity contribution in [2.45, 2.75) is 39.8 Å². The standard InChI is InChI=1S/C9H16N2O/c1-4-7(2)10-5-9-8(3)11-6-12-9/h6-7,10H,4-5H2,1-3H3. The highest BCUT2D eigenvalue weighted by Gasteiger charge is 2.04. The molecule has 3 heteroatoms. The van der Waals surface area contributed by atoms with E-state index in [2.05, 4.69) is 24.1 Å². The smallest absolute Gasteiger partial charge is 0.181 e. The minimum Gasteiger partial charge on any atom is -0.447 e. The molecular formula is C9H16N2O. The molecular weight excluding hydrogens is 152 g/mol. The molecule has 1 atom stereocenters. The summed E-state index contributed by atoms with van der Waals surface area (Å²) in [6.45, 7) is 7.05. The summed E-state index contributed by atoms with van der Waals surface area (Å²) in [5.41, 5.74) is 0.978. The lowest BCUT2D eigenvalue weighted by atomic mass is 10.2. The van der Waals surface area contributed by atoms with Crippen LogP contribution in [0.1, 0.15) is 31.7 Å². The van der Waals surface area contributed by atoms with Crippen LogP contribution in [0.25, 0.3) is 0 Å². The SMILES string of the molecule is CCC(C)NCc1ocnc1C. The number of hydrogen-bond acceptors (Lipinski definition) is 3. The van der Waals surface area contributed by atoms with Crippen molar-refractivity contribution in [1.82, 2.24) is 10.3 Å². The zero-order chi connectivity index (χ0) is 8.97. The van der Waals surface area contributed by atoms with E-state index in [1.54, 1.807) is 0 Å². The lowest BCUT2D eigenvalue weighted by Gasteiger charge is -2.09. The highest BCUT2D eigenvalue weighted by Crippen LogP contribution is 2.04. The normalized spacial score (nSPS) is 13.2. The molecule has 1 aromatic rings. The number of aromatic nitrogens is 1. The van der Waals surface area contributed by atoms with Gasteiger partial charge in [0, 0.05) is 6.04 Å². The van der Waals surface area contributed by atoms with Crippen molar-refractivity contribution < 1.29 is 4.42 Å². The molecule has 68 valence electrons. The molecule has 0 aliphatic carbocycles. The van der Waals surface area contributed by atoms with E-state index in [9.17, 15) is 0 Å². The van der Waals surface area contributed by atoms with Crippen molar-refractivity contribution in [2.24, 2.45) is 0 Å². The molecule has 1 N–H and O–H groups in total.